The van der Waals surface area contributed by atoms with Crippen LogP contribution in [0.2, 0.25) is 0 Å². The van der Waals surface area contributed by atoms with Gasteiger partial charge in [0.05, 0.1) is 13.7 Å². The van der Waals surface area contributed by atoms with Gasteiger partial charge >= 0.3 is 0 Å². The second-order valence-corrected chi connectivity index (χ2v) is 4.81. The van der Waals surface area contributed by atoms with E-state index in [0.29, 0.717) is 6.54 Å². The Morgan fingerprint density at radius 1 is 1.25 bits per heavy atom. The van der Waals surface area contributed by atoms with Gasteiger partial charge in [-0.25, -0.2) is 4.39 Å². The number of hydrogen-bond donors (Lipinski definition) is 1. The molecule has 0 saturated heterocycles. The Morgan fingerprint density at radius 2 is 2.05 bits per heavy atom. The summed E-state index contributed by atoms with van der Waals surface area (Å²) in [4.78, 5) is 0. The number of benzene rings is 2. The highest BCUT2D eigenvalue weighted by atomic mass is 19.1. The Morgan fingerprint density at radius 3 is 2.80 bits per heavy atom. The van der Waals surface area contributed by atoms with Gasteiger partial charge in [0.2, 0.25) is 0 Å². The first kappa shape index (κ1) is 12.8. The zero-order valence-electron chi connectivity index (χ0n) is 11.2. The van der Waals surface area contributed by atoms with Gasteiger partial charge < -0.3 is 14.8 Å². The third-order valence-corrected chi connectivity index (χ3v) is 3.39. The van der Waals surface area contributed by atoms with Gasteiger partial charge in [-0.15, -0.1) is 0 Å². The van der Waals surface area contributed by atoms with Crippen molar-refractivity contribution in [1.82, 2.24) is 0 Å². The number of anilines is 1. The molecule has 0 aromatic heterocycles. The molecule has 3 rings (SSSR count). The fraction of sp³-hybridized carbons (Fsp3) is 0.250. The molecule has 0 radical (unpaired) electrons. The maximum absolute atomic E-state index is 13.1. The van der Waals surface area contributed by atoms with Gasteiger partial charge in [0.15, 0.2) is 0 Å². The lowest BCUT2D eigenvalue weighted by Crippen LogP contribution is -2.23. The predicted octanol–water partition coefficient (Wildman–Crippen LogP) is 3.25. The molecule has 1 aliphatic rings. The first-order valence-electron chi connectivity index (χ1n) is 6.57. The van der Waals surface area contributed by atoms with Crippen molar-refractivity contribution in [2.45, 2.75) is 12.5 Å². The number of nitrogens with one attached hydrogen (secondary N) is 1. The zero-order valence-corrected chi connectivity index (χ0v) is 11.2. The third kappa shape index (κ3) is 2.69. The van der Waals surface area contributed by atoms with Crippen molar-refractivity contribution in [2.24, 2.45) is 0 Å². The monoisotopic (exact) mass is 273 g/mol. The molecule has 1 atom stereocenters. The highest BCUT2D eigenvalue weighted by Gasteiger charge is 2.22. The number of ether oxygens (including phenoxy) is 2. The molecule has 20 heavy (non-hydrogen) atoms. The van der Waals surface area contributed by atoms with Gasteiger partial charge in [-0.3, -0.25) is 0 Å². The van der Waals surface area contributed by atoms with Crippen molar-refractivity contribution < 1.29 is 13.9 Å². The second kappa shape index (κ2) is 5.41. The van der Waals surface area contributed by atoms with Crippen LogP contribution in [0.15, 0.2) is 42.5 Å². The molecule has 0 aliphatic carbocycles. The molecule has 104 valence electrons. The number of hydrogen-bond acceptors (Lipinski definition) is 3. The summed E-state index contributed by atoms with van der Waals surface area (Å²) >= 11 is 0. The van der Waals surface area contributed by atoms with Crippen molar-refractivity contribution in [3.63, 3.8) is 0 Å². The quantitative estimate of drug-likeness (QED) is 0.927. The fourth-order valence-corrected chi connectivity index (χ4v) is 2.34. The van der Waals surface area contributed by atoms with Gasteiger partial charge in [0.1, 0.15) is 23.4 Å². The molecule has 1 heterocycles. The SMILES string of the molecule is COc1ccc(NCC2Cc3cc(F)ccc3O2)cc1. The minimum Gasteiger partial charge on any atom is -0.497 e. The molecule has 3 nitrogen and oxygen atoms in total. The summed E-state index contributed by atoms with van der Waals surface area (Å²) in [6, 6.07) is 12.4. The van der Waals surface area contributed by atoms with Gasteiger partial charge in [0, 0.05) is 17.7 Å². The van der Waals surface area contributed by atoms with E-state index in [1.165, 1.54) is 6.07 Å². The molecule has 0 bridgehead atoms. The van der Waals surface area contributed by atoms with Crippen LogP contribution >= 0.6 is 0 Å². The van der Waals surface area contributed by atoms with E-state index in [1.54, 1.807) is 19.2 Å². The standard InChI is InChI=1S/C16H16FNO2/c1-19-14-5-3-13(4-6-14)18-10-15-9-11-8-12(17)2-7-16(11)20-15/h2-8,15,18H,9-10H2,1H3. The first-order valence-corrected chi connectivity index (χ1v) is 6.57. The normalized spacial score (nSPS) is 16.4. The summed E-state index contributed by atoms with van der Waals surface area (Å²) in [6.07, 6.45) is 0.768. The molecule has 2 aromatic rings. The minimum absolute atomic E-state index is 0.0360. The fourth-order valence-electron chi connectivity index (χ4n) is 2.34. The van der Waals surface area contributed by atoms with Crippen LogP contribution in [-0.2, 0) is 6.42 Å². The Balaban J connectivity index is 1.58. The van der Waals surface area contributed by atoms with E-state index in [9.17, 15) is 4.39 Å². The van der Waals surface area contributed by atoms with Crippen LogP contribution in [0.4, 0.5) is 10.1 Å². The average Bonchev–Trinajstić information content (AvgIpc) is 2.87. The predicted molar refractivity (Wildman–Crippen MR) is 76.0 cm³/mol. The summed E-state index contributed by atoms with van der Waals surface area (Å²) in [6.45, 7) is 0.683. The van der Waals surface area contributed by atoms with Crippen LogP contribution < -0.4 is 14.8 Å². The zero-order chi connectivity index (χ0) is 13.9. The third-order valence-electron chi connectivity index (χ3n) is 3.39. The molecule has 1 N–H and O–H groups in total. The van der Waals surface area contributed by atoms with Gasteiger partial charge in [-0.1, -0.05) is 0 Å². The van der Waals surface area contributed by atoms with Crippen LogP contribution in [-0.4, -0.2) is 19.8 Å². The lowest BCUT2D eigenvalue weighted by molar-refractivity contribution is 0.246. The Bertz CT molecular complexity index is 598. The highest BCUT2D eigenvalue weighted by Crippen LogP contribution is 2.29. The number of rotatable bonds is 4. The number of fused-ring (bicyclic) bond motifs is 1. The van der Waals surface area contributed by atoms with E-state index in [1.807, 2.05) is 24.3 Å². The van der Waals surface area contributed by atoms with E-state index in [0.717, 1.165) is 29.2 Å². The number of halogens is 1. The van der Waals surface area contributed by atoms with Crippen molar-refractivity contribution in [3.05, 3.63) is 53.8 Å². The van der Waals surface area contributed by atoms with Crippen molar-refractivity contribution in [1.29, 1.82) is 0 Å². The molecular weight excluding hydrogens is 257 g/mol. The highest BCUT2D eigenvalue weighted by molar-refractivity contribution is 5.47. The second-order valence-electron chi connectivity index (χ2n) is 4.81. The maximum Gasteiger partial charge on any atom is 0.123 e. The minimum atomic E-state index is -0.212. The van der Waals surface area contributed by atoms with E-state index >= 15 is 0 Å². The summed E-state index contributed by atoms with van der Waals surface area (Å²) in [7, 11) is 1.64. The van der Waals surface area contributed by atoms with Crippen molar-refractivity contribution in [2.75, 3.05) is 19.0 Å². The van der Waals surface area contributed by atoms with E-state index in [4.69, 9.17) is 9.47 Å². The molecule has 0 fully saturated rings. The summed E-state index contributed by atoms with van der Waals surface area (Å²) < 4.78 is 24.0. The lowest BCUT2D eigenvalue weighted by Gasteiger charge is -2.13. The summed E-state index contributed by atoms with van der Waals surface area (Å²) in [5, 5.41) is 3.31. The van der Waals surface area contributed by atoms with E-state index in [2.05, 4.69) is 5.32 Å². The van der Waals surface area contributed by atoms with Crippen molar-refractivity contribution in [3.8, 4) is 11.5 Å². The van der Waals surface area contributed by atoms with Crippen LogP contribution in [0.3, 0.4) is 0 Å². The van der Waals surface area contributed by atoms with Gasteiger partial charge in [-0.05, 0) is 42.5 Å². The molecule has 1 unspecified atom stereocenters. The van der Waals surface area contributed by atoms with Crippen molar-refractivity contribution >= 4 is 5.69 Å². The smallest absolute Gasteiger partial charge is 0.123 e. The Labute approximate surface area is 117 Å². The maximum atomic E-state index is 13.1. The first-order chi connectivity index (χ1) is 9.74. The summed E-state index contributed by atoms with van der Waals surface area (Å²) in [5.41, 5.74) is 1.95. The van der Waals surface area contributed by atoms with E-state index < -0.39 is 0 Å². The molecular formula is C16H16FNO2. The molecule has 4 heteroatoms. The molecule has 2 aromatic carbocycles. The van der Waals surface area contributed by atoms with Gasteiger partial charge in [-0.2, -0.15) is 0 Å². The molecule has 1 aliphatic heterocycles. The van der Waals surface area contributed by atoms with Gasteiger partial charge in [0.25, 0.3) is 0 Å². The topological polar surface area (TPSA) is 30.5 Å². The van der Waals surface area contributed by atoms with Crippen LogP contribution in [0.1, 0.15) is 5.56 Å². The Kier molecular flexibility index (Phi) is 3.46. The summed E-state index contributed by atoms with van der Waals surface area (Å²) in [5.74, 6) is 1.40. The van der Waals surface area contributed by atoms with Crippen LogP contribution in [0.25, 0.3) is 0 Å². The average molecular weight is 273 g/mol. The molecule has 0 saturated carbocycles. The molecule has 0 amide bonds. The van der Waals surface area contributed by atoms with Crippen LogP contribution in [0, 0.1) is 5.82 Å². The largest absolute Gasteiger partial charge is 0.497 e. The molecule has 0 spiro atoms. The lowest BCUT2D eigenvalue weighted by atomic mass is 10.1. The van der Waals surface area contributed by atoms with Crippen LogP contribution in [0.5, 0.6) is 11.5 Å². The Hall–Kier alpha value is -2.23. The van der Waals surface area contributed by atoms with E-state index in [-0.39, 0.29) is 11.9 Å². The number of methoxy groups -OCH3 is 1.